The molecule has 2 aromatic carbocycles. The Hall–Kier alpha value is -3.16. The van der Waals surface area contributed by atoms with Gasteiger partial charge < -0.3 is 9.72 Å². The maximum atomic E-state index is 13.6. The van der Waals surface area contributed by atoms with Gasteiger partial charge in [-0.3, -0.25) is 9.59 Å². The average Bonchev–Trinajstić information content (AvgIpc) is 3.33. The number of aromatic nitrogens is 1. The fourth-order valence-corrected chi connectivity index (χ4v) is 5.54. The van der Waals surface area contributed by atoms with E-state index in [1.54, 1.807) is 13.2 Å². The summed E-state index contributed by atoms with van der Waals surface area (Å²) in [4.78, 5) is 29.6. The number of aromatic amines is 1. The lowest BCUT2D eigenvalue weighted by Gasteiger charge is -2.26. The fourth-order valence-electron chi connectivity index (χ4n) is 4.95. The van der Waals surface area contributed by atoms with Crippen LogP contribution in [0.15, 0.2) is 80.3 Å². The van der Waals surface area contributed by atoms with E-state index in [1.807, 2.05) is 49.4 Å². The SMILES string of the molecule is CCC(=O)N1N=C(c2c(-c3ccccc3Cl)c3cc(Br)ccc3[nH]c2=O)CC1C1=CCCC=C1OC. The van der Waals surface area contributed by atoms with Gasteiger partial charge >= 0.3 is 0 Å². The second-order valence-corrected chi connectivity index (χ2v) is 10.1. The molecule has 6 nitrogen and oxygen atoms in total. The number of nitrogens with one attached hydrogen (secondary N) is 1. The summed E-state index contributed by atoms with van der Waals surface area (Å²) in [6.07, 6.45) is 6.57. The predicted molar refractivity (Wildman–Crippen MR) is 147 cm³/mol. The number of rotatable bonds is 5. The zero-order chi connectivity index (χ0) is 25.4. The van der Waals surface area contributed by atoms with Gasteiger partial charge in [0.25, 0.3) is 5.56 Å². The maximum Gasteiger partial charge on any atom is 0.258 e. The lowest BCUT2D eigenvalue weighted by molar-refractivity contribution is -0.131. The second-order valence-electron chi connectivity index (χ2n) is 8.74. The normalized spacial score (nSPS) is 17.6. The third-order valence-corrected chi connectivity index (χ3v) is 7.42. The molecule has 0 saturated carbocycles. The number of benzene rings is 2. The molecule has 1 aromatic heterocycles. The van der Waals surface area contributed by atoms with Crippen molar-refractivity contribution in [2.24, 2.45) is 5.10 Å². The molecule has 0 saturated heterocycles. The molecule has 8 heteroatoms. The summed E-state index contributed by atoms with van der Waals surface area (Å²) in [6.45, 7) is 1.81. The number of carbonyl (C=O) groups is 1. The Morgan fingerprint density at radius 1 is 1.19 bits per heavy atom. The van der Waals surface area contributed by atoms with Gasteiger partial charge in [-0.1, -0.05) is 58.7 Å². The summed E-state index contributed by atoms with van der Waals surface area (Å²) in [5, 5.41) is 7.64. The second kappa shape index (κ2) is 10.1. The molecule has 2 aliphatic rings. The van der Waals surface area contributed by atoms with Crippen molar-refractivity contribution in [1.82, 2.24) is 9.99 Å². The molecule has 2 heterocycles. The standard InChI is InChI=1S/C28H25BrClN3O3/c1-3-25(34)33-23(18-9-5-7-11-24(18)36-2)15-22(32-33)27-26(17-8-4-6-10-20(17)30)19-14-16(29)12-13-21(19)31-28(27)35/h4,6,8-14,23H,3,5,7,15H2,1-2H3,(H,31,35). The van der Waals surface area contributed by atoms with Crippen LogP contribution in [0.4, 0.5) is 0 Å². The number of methoxy groups -OCH3 is 1. The quantitative estimate of drug-likeness (QED) is 0.379. The van der Waals surface area contributed by atoms with Gasteiger partial charge in [-0.05, 0) is 43.2 Å². The maximum absolute atomic E-state index is 13.6. The van der Waals surface area contributed by atoms with Gasteiger partial charge in [-0.25, -0.2) is 5.01 Å². The van der Waals surface area contributed by atoms with Crippen LogP contribution < -0.4 is 5.56 Å². The molecular weight excluding hydrogens is 542 g/mol. The number of pyridine rings is 1. The number of carbonyl (C=O) groups excluding carboxylic acids is 1. The first-order valence-corrected chi connectivity index (χ1v) is 13.0. The van der Waals surface area contributed by atoms with E-state index in [2.05, 4.69) is 27.0 Å². The molecule has 0 radical (unpaired) electrons. The number of hydrogen-bond donors (Lipinski definition) is 1. The topological polar surface area (TPSA) is 74.8 Å². The molecule has 1 amide bonds. The van der Waals surface area contributed by atoms with Gasteiger partial charge in [0.1, 0.15) is 5.76 Å². The highest BCUT2D eigenvalue weighted by Gasteiger charge is 2.37. The van der Waals surface area contributed by atoms with Gasteiger partial charge in [-0.15, -0.1) is 0 Å². The van der Waals surface area contributed by atoms with E-state index in [0.29, 0.717) is 40.2 Å². The minimum Gasteiger partial charge on any atom is -0.497 e. The van der Waals surface area contributed by atoms with Crippen LogP contribution in [0.5, 0.6) is 0 Å². The van der Waals surface area contributed by atoms with Crippen molar-refractivity contribution in [2.45, 2.75) is 38.6 Å². The first-order valence-electron chi connectivity index (χ1n) is 11.9. The number of amides is 1. The summed E-state index contributed by atoms with van der Waals surface area (Å²) in [5.74, 6) is 0.635. The molecule has 0 bridgehead atoms. The molecule has 1 aliphatic carbocycles. The van der Waals surface area contributed by atoms with Crippen molar-refractivity contribution in [3.63, 3.8) is 0 Å². The van der Waals surface area contributed by atoms with Crippen molar-refractivity contribution in [2.75, 3.05) is 7.11 Å². The molecule has 0 spiro atoms. The predicted octanol–water partition coefficient (Wildman–Crippen LogP) is 6.58. The Labute approximate surface area is 222 Å². The number of fused-ring (bicyclic) bond motifs is 1. The smallest absolute Gasteiger partial charge is 0.258 e. The largest absolute Gasteiger partial charge is 0.497 e. The van der Waals surface area contributed by atoms with Gasteiger partial charge in [0.2, 0.25) is 5.91 Å². The van der Waals surface area contributed by atoms with Crippen LogP contribution in [0, 0.1) is 0 Å². The summed E-state index contributed by atoms with van der Waals surface area (Å²) in [7, 11) is 1.63. The Balaban J connectivity index is 1.75. The molecular formula is C28H25BrClN3O3. The van der Waals surface area contributed by atoms with E-state index in [9.17, 15) is 9.59 Å². The summed E-state index contributed by atoms with van der Waals surface area (Å²) >= 11 is 10.2. The van der Waals surface area contributed by atoms with Gasteiger partial charge in [-0.2, -0.15) is 5.10 Å². The van der Waals surface area contributed by atoms with Crippen molar-refractivity contribution >= 4 is 50.1 Å². The Bertz CT molecular complexity index is 1520. The van der Waals surface area contributed by atoms with Gasteiger partial charge in [0, 0.05) is 49.9 Å². The molecule has 5 rings (SSSR count). The van der Waals surface area contributed by atoms with Crippen molar-refractivity contribution in [3.8, 4) is 11.1 Å². The van der Waals surface area contributed by atoms with Gasteiger partial charge in [0.05, 0.1) is 24.4 Å². The number of nitrogens with zero attached hydrogens (tertiary/aromatic N) is 2. The molecule has 1 unspecified atom stereocenters. The molecule has 1 atom stereocenters. The Morgan fingerprint density at radius 3 is 2.72 bits per heavy atom. The molecule has 1 aliphatic heterocycles. The summed E-state index contributed by atoms with van der Waals surface area (Å²) in [6, 6.07) is 12.8. The van der Waals surface area contributed by atoms with Crippen LogP contribution in [0.1, 0.15) is 38.2 Å². The van der Waals surface area contributed by atoms with E-state index in [0.717, 1.165) is 39.6 Å². The Kier molecular flexibility index (Phi) is 6.86. The third-order valence-electron chi connectivity index (χ3n) is 6.60. The van der Waals surface area contributed by atoms with E-state index in [-0.39, 0.29) is 17.5 Å². The molecule has 184 valence electrons. The lowest BCUT2D eigenvalue weighted by Crippen LogP contribution is -2.34. The van der Waals surface area contributed by atoms with Gasteiger partial charge in [0.15, 0.2) is 0 Å². The minimum absolute atomic E-state index is 0.115. The van der Waals surface area contributed by atoms with Crippen LogP contribution in [0.2, 0.25) is 5.02 Å². The number of allylic oxidation sites excluding steroid dienone is 2. The van der Waals surface area contributed by atoms with Crippen molar-refractivity contribution < 1.29 is 9.53 Å². The monoisotopic (exact) mass is 565 g/mol. The summed E-state index contributed by atoms with van der Waals surface area (Å²) in [5.41, 5.74) is 3.73. The van der Waals surface area contributed by atoms with Crippen LogP contribution in [0.25, 0.3) is 22.0 Å². The number of ether oxygens (including phenoxy) is 1. The van der Waals surface area contributed by atoms with Crippen LogP contribution in [-0.4, -0.2) is 34.8 Å². The first-order chi connectivity index (χ1) is 17.4. The highest BCUT2D eigenvalue weighted by Crippen LogP contribution is 2.39. The molecule has 0 fully saturated rings. The summed E-state index contributed by atoms with van der Waals surface area (Å²) < 4.78 is 6.51. The van der Waals surface area contributed by atoms with E-state index < -0.39 is 0 Å². The average molecular weight is 567 g/mol. The highest BCUT2D eigenvalue weighted by atomic mass is 79.9. The zero-order valence-corrected chi connectivity index (χ0v) is 22.3. The Morgan fingerprint density at radius 2 is 1.97 bits per heavy atom. The number of hydrogen-bond acceptors (Lipinski definition) is 4. The number of halogens is 2. The van der Waals surface area contributed by atoms with Crippen molar-refractivity contribution in [3.05, 3.63) is 91.4 Å². The van der Waals surface area contributed by atoms with Crippen LogP contribution in [0.3, 0.4) is 0 Å². The minimum atomic E-state index is -0.351. The number of hydrazone groups is 1. The highest BCUT2D eigenvalue weighted by molar-refractivity contribution is 9.10. The van der Waals surface area contributed by atoms with Crippen LogP contribution >= 0.6 is 27.5 Å². The third kappa shape index (κ3) is 4.31. The molecule has 1 N–H and O–H groups in total. The van der Waals surface area contributed by atoms with E-state index in [1.165, 1.54) is 5.01 Å². The first kappa shape index (κ1) is 24.5. The van der Waals surface area contributed by atoms with E-state index >= 15 is 0 Å². The molecule has 3 aromatic rings. The zero-order valence-electron chi connectivity index (χ0n) is 20.0. The lowest BCUT2D eigenvalue weighted by atomic mass is 9.89. The van der Waals surface area contributed by atoms with E-state index in [4.69, 9.17) is 21.4 Å². The van der Waals surface area contributed by atoms with Crippen LogP contribution in [-0.2, 0) is 9.53 Å². The molecule has 36 heavy (non-hydrogen) atoms. The van der Waals surface area contributed by atoms with Crippen molar-refractivity contribution in [1.29, 1.82) is 0 Å². The fraction of sp³-hybridized carbons (Fsp3) is 0.250. The number of H-pyrrole nitrogens is 1.